The van der Waals surface area contributed by atoms with Crippen LogP contribution in [0.3, 0.4) is 0 Å². The van der Waals surface area contributed by atoms with Crippen molar-refractivity contribution in [3.05, 3.63) is 59.2 Å². The molecule has 22 heavy (non-hydrogen) atoms. The molecule has 112 valence electrons. The number of anilines is 1. The summed E-state index contributed by atoms with van der Waals surface area (Å²) in [6.45, 7) is 1.47. The maximum atomic E-state index is 12.7. The van der Waals surface area contributed by atoms with Crippen LogP contribution in [-0.4, -0.2) is 19.1 Å². The number of benzene rings is 2. The van der Waals surface area contributed by atoms with E-state index in [2.05, 4.69) is 10.6 Å². The Balaban J connectivity index is 1.59. The van der Waals surface area contributed by atoms with Crippen LogP contribution in [0.1, 0.15) is 33.9 Å². The number of hydrogen-bond acceptors (Lipinski definition) is 3. The predicted octanol–water partition coefficient (Wildman–Crippen LogP) is 2.91. The van der Waals surface area contributed by atoms with E-state index in [4.69, 9.17) is 4.74 Å². The number of amides is 1. The van der Waals surface area contributed by atoms with Gasteiger partial charge in [0, 0.05) is 23.4 Å². The molecule has 4 rings (SSSR count). The van der Waals surface area contributed by atoms with Crippen molar-refractivity contribution in [2.45, 2.75) is 18.9 Å². The molecule has 0 fully saturated rings. The number of rotatable bonds is 2. The van der Waals surface area contributed by atoms with E-state index in [1.54, 1.807) is 0 Å². The lowest BCUT2D eigenvalue weighted by atomic mass is 9.96. The molecule has 2 N–H and O–H groups in total. The van der Waals surface area contributed by atoms with Gasteiger partial charge in [-0.3, -0.25) is 4.79 Å². The van der Waals surface area contributed by atoms with Crippen molar-refractivity contribution in [3.8, 4) is 5.75 Å². The molecule has 4 nitrogen and oxygen atoms in total. The Morgan fingerprint density at radius 1 is 1.18 bits per heavy atom. The minimum atomic E-state index is -0.0731. The van der Waals surface area contributed by atoms with Gasteiger partial charge in [0.15, 0.2) is 0 Å². The van der Waals surface area contributed by atoms with Crippen LogP contribution < -0.4 is 15.4 Å². The van der Waals surface area contributed by atoms with Gasteiger partial charge in [-0.15, -0.1) is 0 Å². The minimum Gasteiger partial charge on any atom is -0.491 e. The third-order valence-electron chi connectivity index (χ3n) is 4.34. The molecule has 0 saturated heterocycles. The summed E-state index contributed by atoms with van der Waals surface area (Å²) in [6.07, 6.45) is 2.01. The highest BCUT2D eigenvalue weighted by Crippen LogP contribution is 2.32. The van der Waals surface area contributed by atoms with Gasteiger partial charge in [-0.05, 0) is 36.6 Å². The Morgan fingerprint density at radius 2 is 2.09 bits per heavy atom. The van der Waals surface area contributed by atoms with E-state index in [1.807, 2.05) is 42.5 Å². The molecule has 1 atom stereocenters. The molecule has 0 aliphatic carbocycles. The van der Waals surface area contributed by atoms with Crippen molar-refractivity contribution in [1.29, 1.82) is 0 Å². The zero-order valence-electron chi connectivity index (χ0n) is 12.3. The molecule has 0 radical (unpaired) electrons. The molecule has 2 aromatic rings. The van der Waals surface area contributed by atoms with Gasteiger partial charge < -0.3 is 15.4 Å². The van der Waals surface area contributed by atoms with Crippen molar-refractivity contribution >= 4 is 11.6 Å². The zero-order valence-corrected chi connectivity index (χ0v) is 12.3. The van der Waals surface area contributed by atoms with E-state index in [0.717, 1.165) is 47.5 Å². The van der Waals surface area contributed by atoms with Crippen LogP contribution in [-0.2, 0) is 6.42 Å². The molecular weight excluding hydrogens is 276 g/mol. The first kappa shape index (κ1) is 13.2. The van der Waals surface area contributed by atoms with Crippen LogP contribution in [0.15, 0.2) is 42.5 Å². The summed E-state index contributed by atoms with van der Waals surface area (Å²) in [6, 6.07) is 13.7. The number of para-hydroxylation sites is 1. The second-order valence-electron chi connectivity index (χ2n) is 5.74. The third-order valence-corrected chi connectivity index (χ3v) is 4.34. The fraction of sp³-hybridized carbons (Fsp3) is 0.278. The monoisotopic (exact) mass is 294 g/mol. The van der Waals surface area contributed by atoms with Gasteiger partial charge in [0.1, 0.15) is 12.4 Å². The number of nitrogens with one attached hydrogen (secondary N) is 2. The lowest BCUT2D eigenvalue weighted by molar-refractivity contribution is 0.0929. The number of hydrogen-bond donors (Lipinski definition) is 2. The Labute approximate surface area is 129 Å². The molecule has 2 aliphatic rings. The van der Waals surface area contributed by atoms with E-state index >= 15 is 0 Å². The van der Waals surface area contributed by atoms with Crippen molar-refractivity contribution in [3.63, 3.8) is 0 Å². The highest BCUT2D eigenvalue weighted by molar-refractivity contribution is 5.97. The molecular formula is C18H18N2O2. The van der Waals surface area contributed by atoms with Crippen LogP contribution in [0.25, 0.3) is 0 Å². The van der Waals surface area contributed by atoms with Crippen LogP contribution >= 0.6 is 0 Å². The number of carbonyl (C=O) groups excluding carboxylic acids is 1. The minimum absolute atomic E-state index is 0.0224. The summed E-state index contributed by atoms with van der Waals surface area (Å²) in [4.78, 5) is 12.7. The summed E-state index contributed by atoms with van der Waals surface area (Å²) >= 11 is 0. The van der Waals surface area contributed by atoms with Crippen LogP contribution in [0, 0.1) is 0 Å². The highest BCUT2D eigenvalue weighted by atomic mass is 16.5. The summed E-state index contributed by atoms with van der Waals surface area (Å²) in [7, 11) is 0. The van der Waals surface area contributed by atoms with Gasteiger partial charge >= 0.3 is 0 Å². The summed E-state index contributed by atoms with van der Waals surface area (Å²) in [5.74, 6) is 0.843. The molecule has 1 amide bonds. The first-order valence-electron chi connectivity index (χ1n) is 7.71. The lowest BCUT2D eigenvalue weighted by Crippen LogP contribution is -2.30. The highest BCUT2D eigenvalue weighted by Gasteiger charge is 2.26. The maximum Gasteiger partial charge on any atom is 0.252 e. The van der Waals surface area contributed by atoms with Gasteiger partial charge in [-0.1, -0.05) is 24.3 Å². The summed E-state index contributed by atoms with van der Waals surface area (Å²) in [5, 5.41) is 6.47. The summed E-state index contributed by atoms with van der Waals surface area (Å²) < 4.78 is 5.63. The molecule has 0 spiro atoms. The first-order valence-corrected chi connectivity index (χ1v) is 7.71. The van der Waals surface area contributed by atoms with Crippen molar-refractivity contribution in [2.75, 3.05) is 18.5 Å². The van der Waals surface area contributed by atoms with E-state index in [1.165, 1.54) is 0 Å². The maximum absolute atomic E-state index is 12.7. The van der Waals surface area contributed by atoms with Crippen molar-refractivity contribution in [2.24, 2.45) is 0 Å². The van der Waals surface area contributed by atoms with Crippen molar-refractivity contribution in [1.82, 2.24) is 5.32 Å². The standard InChI is InChI=1S/C18H18N2O2/c21-18(13-6-3-8-15-12(13)7-4-10-19-15)20-16-11-22-17-9-2-1-5-14(16)17/h1-3,5-6,8-9,16,19H,4,7,10-11H2,(H,20,21). The summed E-state index contributed by atoms with van der Waals surface area (Å²) in [5.41, 5.74) is 4.04. The lowest BCUT2D eigenvalue weighted by Gasteiger charge is -2.21. The van der Waals surface area contributed by atoms with Crippen LogP contribution in [0.5, 0.6) is 5.75 Å². The molecule has 0 aromatic heterocycles. The van der Waals surface area contributed by atoms with Gasteiger partial charge in [0.05, 0.1) is 6.04 Å². The number of fused-ring (bicyclic) bond motifs is 2. The van der Waals surface area contributed by atoms with Gasteiger partial charge in [0.2, 0.25) is 0 Å². The fourth-order valence-electron chi connectivity index (χ4n) is 3.24. The topological polar surface area (TPSA) is 50.4 Å². The van der Waals surface area contributed by atoms with Crippen LogP contribution in [0.4, 0.5) is 5.69 Å². The normalized spacial score (nSPS) is 18.6. The Kier molecular flexibility index (Phi) is 3.22. The molecule has 1 unspecified atom stereocenters. The largest absolute Gasteiger partial charge is 0.491 e. The second kappa shape index (κ2) is 5.37. The molecule has 0 bridgehead atoms. The van der Waals surface area contributed by atoms with Crippen LogP contribution in [0.2, 0.25) is 0 Å². The smallest absolute Gasteiger partial charge is 0.252 e. The quantitative estimate of drug-likeness (QED) is 0.895. The van der Waals surface area contributed by atoms with E-state index < -0.39 is 0 Å². The average molecular weight is 294 g/mol. The van der Waals surface area contributed by atoms with Gasteiger partial charge in [-0.25, -0.2) is 0 Å². The van der Waals surface area contributed by atoms with Crippen molar-refractivity contribution < 1.29 is 9.53 Å². The second-order valence-corrected chi connectivity index (χ2v) is 5.74. The SMILES string of the molecule is O=C(NC1COc2ccccc21)c1cccc2c1CCCN2. The molecule has 2 aromatic carbocycles. The van der Waals surface area contributed by atoms with Gasteiger partial charge in [-0.2, -0.15) is 0 Å². The zero-order chi connectivity index (χ0) is 14.9. The Hall–Kier alpha value is -2.49. The van der Waals surface area contributed by atoms with E-state index in [0.29, 0.717) is 6.61 Å². The average Bonchev–Trinajstić information content (AvgIpc) is 2.97. The Bertz CT molecular complexity index is 727. The molecule has 2 aliphatic heterocycles. The van der Waals surface area contributed by atoms with E-state index in [-0.39, 0.29) is 11.9 Å². The van der Waals surface area contributed by atoms with Gasteiger partial charge in [0.25, 0.3) is 5.91 Å². The Morgan fingerprint density at radius 3 is 3.05 bits per heavy atom. The third kappa shape index (κ3) is 2.21. The molecule has 2 heterocycles. The number of carbonyl (C=O) groups is 1. The predicted molar refractivity (Wildman–Crippen MR) is 85.4 cm³/mol. The number of ether oxygens (including phenoxy) is 1. The molecule has 4 heteroatoms. The first-order chi connectivity index (χ1) is 10.8. The fourth-order valence-corrected chi connectivity index (χ4v) is 3.24. The molecule has 0 saturated carbocycles. The van der Waals surface area contributed by atoms with E-state index in [9.17, 15) is 4.79 Å².